The van der Waals surface area contributed by atoms with Crippen LogP contribution in [0, 0.1) is 0 Å². The zero-order valence-corrected chi connectivity index (χ0v) is 9.94. The van der Waals surface area contributed by atoms with Gasteiger partial charge in [-0.3, -0.25) is 0 Å². The first-order valence-electron chi connectivity index (χ1n) is 4.70. The summed E-state index contributed by atoms with van der Waals surface area (Å²) in [7, 11) is -1.26. The summed E-state index contributed by atoms with van der Waals surface area (Å²) in [6.45, 7) is 11.5. The SMILES string of the molecule is [Li][C](=C)CCCCO[Si](C)(C)C. The molecule has 0 unspecified atom stereocenters. The van der Waals surface area contributed by atoms with Gasteiger partial charge in [0.15, 0.2) is 0 Å². The second-order valence-corrected chi connectivity index (χ2v) is 8.89. The van der Waals surface area contributed by atoms with E-state index in [0.29, 0.717) is 0 Å². The van der Waals surface area contributed by atoms with Crippen LogP contribution in [0.5, 0.6) is 0 Å². The molecule has 0 aromatic rings. The fraction of sp³-hybridized carbons (Fsp3) is 0.778. The van der Waals surface area contributed by atoms with Gasteiger partial charge in [0.05, 0.1) is 0 Å². The van der Waals surface area contributed by atoms with Gasteiger partial charge in [0.2, 0.25) is 0 Å². The van der Waals surface area contributed by atoms with E-state index in [9.17, 15) is 0 Å². The normalized spacial score (nSPS) is 11.8. The Labute approximate surface area is 86.9 Å². The molecule has 0 bridgehead atoms. The third kappa shape index (κ3) is 10.5. The fourth-order valence-electron chi connectivity index (χ4n) is 0.907. The minimum atomic E-state index is -1.26. The Bertz CT molecular complexity index is 140. The standard InChI is InChI=1S/C9H19OSi.Li/c1-5-6-7-8-9-10-11(2,3)4;/h1,6-9H2,2-4H3;. The summed E-state index contributed by atoms with van der Waals surface area (Å²) in [6.07, 6.45) is 3.55. The van der Waals surface area contributed by atoms with Crippen LogP contribution in [0.1, 0.15) is 19.3 Å². The fourth-order valence-corrected chi connectivity index (χ4v) is 1.66. The van der Waals surface area contributed by atoms with Crippen molar-refractivity contribution in [1.82, 2.24) is 0 Å². The van der Waals surface area contributed by atoms with Crippen molar-refractivity contribution in [2.45, 2.75) is 38.9 Å². The van der Waals surface area contributed by atoms with E-state index in [2.05, 4.69) is 43.9 Å². The van der Waals surface area contributed by atoms with E-state index < -0.39 is 8.32 Å². The Morgan fingerprint density at radius 3 is 2.33 bits per heavy atom. The molecule has 0 fully saturated rings. The molecule has 0 aliphatic heterocycles. The number of rotatable bonds is 6. The molecular weight excluding hydrogens is 159 g/mol. The van der Waals surface area contributed by atoms with Crippen molar-refractivity contribution >= 4 is 26.0 Å². The molecule has 66 valence electrons. The summed E-state index contributed by atoms with van der Waals surface area (Å²) < 4.78 is 7.00. The van der Waals surface area contributed by atoms with Gasteiger partial charge in [0.1, 0.15) is 0 Å². The number of hydrogen-bond donors (Lipinski definition) is 0. The van der Waals surface area contributed by atoms with Gasteiger partial charge in [-0.25, -0.2) is 0 Å². The van der Waals surface area contributed by atoms with E-state index in [1.54, 1.807) is 0 Å². The van der Waals surface area contributed by atoms with E-state index in [-0.39, 0.29) is 0 Å². The summed E-state index contributed by atoms with van der Waals surface area (Å²) in [6, 6.07) is 0. The second kappa shape index (κ2) is 6.04. The average molecular weight is 178 g/mol. The Hall–Kier alpha value is 0.514. The molecule has 3 heteroatoms. The molecule has 0 atom stereocenters. The van der Waals surface area contributed by atoms with Crippen LogP contribution in [-0.4, -0.2) is 32.6 Å². The molecule has 0 aromatic heterocycles. The first-order chi connectivity index (χ1) is 5.42. The van der Waals surface area contributed by atoms with Gasteiger partial charge < -0.3 is 0 Å². The quantitative estimate of drug-likeness (QED) is 0.449. The predicted molar refractivity (Wildman–Crippen MR) is 58.0 cm³/mol. The van der Waals surface area contributed by atoms with Crippen molar-refractivity contribution < 1.29 is 4.43 Å². The van der Waals surface area contributed by atoms with Crippen LogP contribution >= 0.6 is 0 Å². The number of allylic oxidation sites excluding steroid dienone is 1. The van der Waals surface area contributed by atoms with Gasteiger partial charge in [0.25, 0.3) is 0 Å². The van der Waals surface area contributed by atoms with Gasteiger partial charge in [-0.2, -0.15) is 0 Å². The van der Waals surface area contributed by atoms with E-state index >= 15 is 0 Å². The summed E-state index contributed by atoms with van der Waals surface area (Å²) in [5, 5.41) is 0. The zero-order chi connectivity index (χ0) is 9.61. The van der Waals surface area contributed by atoms with Crippen LogP contribution in [0.25, 0.3) is 0 Å². The summed E-state index contributed by atoms with van der Waals surface area (Å²) in [4.78, 5) is 0. The maximum absolute atomic E-state index is 5.72. The Morgan fingerprint density at radius 2 is 1.92 bits per heavy atom. The third-order valence-corrected chi connectivity index (χ3v) is 2.60. The summed E-state index contributed by atoms with van der Waals surface area (Å²) >= 11 is 2.08. The monoisotopic (exact) mass is 178 g/mol. The van der Waals surface area contributed by atoms with Crippen molar-refractivity contribution in [3.63, 3.8) is 0 Å². The van der Waals surface area contributed by atoms with Gasteiger partial charge in [0, 0.05) is 0 Å². The van der Waals surface area contributed by atoms with Crippen molar-refractivity contribution in [3.05, 3.63) is 10.8 Å². The van der Waals surface area contributed by atoms with E-state index in [1.165, 1.54) is 17.1 Å². The van der Waals surface area contributed by atoms with Gasteiger partial charge in [-0.1, -0.05) is 0 Å². The van der Waals surface area contributed by atoms with Gasteiger partial charge in [-0.15, -0.1) is 0 Å². The molecule has 0 heterocycles. The van der Waals surface area contributed by atoms with Crippen molar-refractivity contribution in [3.8, 4) is 0 Å². The number of hydrogen-bond acceptors (Lipinski definition) is 1. The van der Waals surface area contributed by atoms with Crippen molar-refractivity contribution in [1.29, 1.82) is 0 Å². The Balaban J connectivity index is 3.17. The van der Waals surface area contributed by atoms with Crippen LogP contribution in [-0.2, 0) is 4.43 Å². The minimum absolute atomic E-state index is 0.934. The van der Waals surface area contributed by atoms with Crippen LogP contribution in [0.3, 0.4) is 0 Å². The molecule has 0 aromatic carbocycles. The third-order valence-electron chi connectivity index (χ3n) is 1.53. The predicted octanol–water partition coefficient (Wildman–Crippen LogP) is 2.69. The van der Waals surface area contributed by atoms with Crippen LogP contribution < -0.4 is 0 Å². The molecule has 0 saturated carbocycles. The topological polar surface area (TPSA) is 9.23 Å². The molecule has 1 nitrogen and oxygen atoms in total. The van der Waals surface area contributed by atoms with Gasteiger partial charge in [-0.05, 0) is 0 Å². The van der Waals surface area contributed by atoms with E-state index in [1.807, 2.05) is 0 Å². The summed E-state index contributed by atoms with van der Waals surface area (Å²) in [5.74, 6) is 0. The van der Waals surface area contributed by atoms with Crippen LogP contribution in [0.15, 0.2) is 10.8 Å². The number of unbranched alkanes of at least 4 members (excludes halogenated alkanes) is 1. The molecule has 0 N–H and O–H groups in total. The average Bonchev–Trinajstić information content (AvgIpc) is 1.83. The molecule has 0 aliphatic rings. The molecule has 0 amide bonds. The Morgan fingerprint density at radius 1 is 1.33 bits per heavy atom. The first-order valence-corrected chi connectivity index (χ1v) is 8.11. The molecule has 0 aliphatic carbocycles. The van der Waals surface area contributed by atoms with E-state index in [4.69, 9.17) is 4.43 Å². The molecule has 0 spiro atoms. The molecular formula is C9H19LiOSi. The molecule has 12 heavy (non-hydrogen) atoms. The van der Waals surface area contributed by atoms with Crippen LogP contribution in [0.2, 0.25) is 19.6 Å². The molecule has 0 saturated heterocycles. The first kappa shape index (κ1) is 12.5. The second-order valence-electron chi connectivity index (χ2n) is 4.38. The molecule has 0 radical (unpaired) electrons. The molecule has 0 rings (SSSR count). The van der Waals surface area contributed by atoms with Crippen molar-refractivity contribution in [2.75, 3.05) is 6.61 Å². The Kier molecular flexibility index (Phi) is 6.30. The van der Waals surface area contributed by atoms with Crippen LogP contribution in [0.4, 0.5) is 0 Å². The maximum atomic E-state index is 5.72. The zero-order valence-electron chi connectivity index (χ0n) is 8.94. The van der Waals surface area contributed by atoms with Crippen molar-refractivity contribution in [2.24, 2.45) is 0 Å². The van der Waals surface area contributed by atoms with E-state index in [0.717, 1.165) is 13.0 Å². The van der Waals surface area contributed by atoms with Gasteiger partial charge >= 0.3 is 86.8 Å². The summed E-state index contributed by atoms with van der Waals surface area (Å²) in [5.41, 5.74) is 0.